The summed E-state index contributed by atoms with van der Waals surface area (Å²) in [5, 5.41) is 3.14. The molecule has 0 saturated heterocycles. The molecule has 1 heteroatoms. The van der Waals surface area contributed by atoms with Crippen LogP contribution in [-0.2, 0) is 0 Å². The van der Waals surface area contributed by atoms with Gasteiger partial charge in [0.25, 0.3) is 0 Å². The molecule has 0 bridgehead atoms. The number of aryl methyl sites for hydroxylation is 3. The highest BCUT2D eigenvalue weighted by Gasteiger charge is 1.97. The Hall–Kier alpha value is -1.08. The van der Waals surface area contributed by atoms with Crippen LogP contribution in [-0.4, -0.2) is 13.6 Å². The van der Waals surface area contributed by atoms with Crippen molar-refractivity contribution in [1.29, 1.82) is 0 Å². The van der Waals surface area contributed by atoms with Crippen molar-refractivity contribution in [3.05, 3.63) is 40.5 Å². The van der Waals surface area contributed by atoms with Gasteiger partial charge < -0.3 is 5.32 Å². The summed E-state index contributed by atoms with van der Waals surface area (Å²) >= 11 is 0. The first-order valence-electron chi connectivity index (χ1n) is 5.54. The summed E-state index contributed by atoms with van der Waals surface area (Å²) in [4.78, 5) is 0. The van der Waals surface area contributed by atoms with E-state index in [9.17, 15) is 0 Å². The minimum Gasteiger partial charge on any atom is -0.319 e. The monoisotopic (exact) mass is 203 g/mol. The zero-order valence-electron chi connectivity index (χ0n) is 10.2. The molecule has 0 aliphatic rings. The van der Waals surface area contributed by atoms with Crippen LogP contribution < -0.4 is 5.32 Å². The fourth-order valence-corrected chi connectivity index (χ4v) is 1.60. The van der Waals surface area contributed by atoms with E-state index in [1.165, 1.54) is 22.3 Å². The molecule has 0 amide bonds. The predicted molar refractivity (Wildman–Crippen MR) is 68.2 cm³/mol. The van der Waals surface area contributed by atoms with Gasteiger partial charge in [-0.3, -0.25) is 0 Å². The molecule has 1 N–H and O–H groups in total. The van der Waals surface area contributed by atoms with Crippen molar-refractivity contribution in [2.75, 3.05) is 13.6 Å². The molecule has 15 heavy (non-hydrogen) atoms. The van der Waals surface area contributed by atoms with Crippen LogP contribution in [0.2, 0.25) is 0 Å². The standard InChI is InChI=1S/C14H21N/c1-11-9-13(3)14(10-12(11)2)7-5-6-8-15-4/h5,7,9-10,15H,6,8H2,1-4H3. The lowest BCUT2D eigenvalue weighted by molar-refractivity contribution is 0.809. The summed E-state index contributed by atoms with van der Waals surface area (Å²) in [6.07, 6.45) is 5.54. The molecule has 0 aliphatic carbocycles. The lowest BCUT2D eigenvalue weighted by atomic mass is 10.0. The minimum atomic E-state index is 1.04. The highest BCUT2D eigenvalue weighted by molar-refractivity contribution is 5.56. The Morgan fingerprint density at radius 3 is 2.40 bits per heavy atom. The van der Waals surface area contributed by atoms with Gasteiger partial charge in [-0.05, 0) is 63.0 Å². The van der Waals surface area contributed by atoms with E-state index in [1.807, 2.05) is 7.05 Å². The van der Waals surface area contributed by atoms with Gasteiger partial charge in [0.2, 0.25) is 0 Å². The zero-order chi connectivity index (χ0) is 11.3. The highest BCUT2D eigenvalue weighted by Crippen LogP contribution is 2.16. The van der Waals surface area contributed by atoms with E-state index in [4.69, 9.17) is 0 Å². The third kappa shape index (κ3) is 3.52. The average Bonchev–Trinajstić information content (AvgIpc) is 2.20. The molecule has 0 atom stereocenters. The molecular formula is C14H21N. The van der Waals surface area contributed by atoms with Gasteiger partial charge in [-0.15, -0.1) is 0 Å². The van der Waals surface area contributed by atoms with Gasteiger partial charge in [0.15, 0.2) is 0 Å². The van der Waals surface area contributed by atoms with E-state index in [0.717, 1.165) is 13.0 Å². The molecule has 0 unspecified atom stereocenters. The van der Waals surface area contributed by atoms with Crippen LogP contribution in [0.1, 0.15) is 28.7 Å². The maximum absolute atomic E-state index is 3.14. The maximum atomic E-state index is 3.14. The predicted octanol–water partition coefficient (Wildman–Crippen LogP) is 3.23. The molecule has 0 aliphatic heterocycles. The second kappa shape index (κ2) is 5.72. The lowest BCUT2D eigenvalue weighted by Gasteiger charge is -2.05. The van der Waals surface area contributed by atoms with Crippen molar-refractivity contribution >= 4 is 6.08 Å². The second-order valence-corrected chi connectivity index (χ2v) is 4.09. The van der Waals surface area contributed by atoms with Gasteiger partial charge in [-0.2, -0.15) is 0 Å². The first-order chi connectivity index (χ1) is 7.15. The number of rotatable bonds is 4. The summed E-state index contributed by atoms with van der Waals surface area (Å²) in [6.45, 7) is 7.54. The molecule has 0 radical (unpaired) electrons. The van der Waals surface area contributed by atoms with E-state index >= 15 is 0 Å². The molecule has 1 aromatic rings. The van der Waals surface area contributed by atoms with E-state index in [1.54, 1.807) is 0 Å². The first-order valence-corrected chi connectivity index (χ1v) is 5.54. The summed E-state index contributed by atoms with van der Waals surface area (Å²) in [5.74, 6) is 0. The van der Waals surface area contributed by atoms with E-state index in [0.29, 0.717) is 0 Å². The number of hydrogen-bond donors (Lipinski definition) is 1. The van der Waals surface area contributed by atoms with Crippen LogP contribution in [0.15, 0.2) is 18.2 Å². The number of benzene rings is 1. The second-order valence-electron chi connectivity index (χ2n) is 4.09. The summed E-state index contributed by atoms with van der Waals surface area (Å²) in [7, 11) is 1.98. The Morgan fingerprint density at radius 2 is 1.73 bits per heavy atom. The topological polar surface area (TPSA) is 12.0 Å². The van der Waals surface area contributed by atoms with Crippen molar-refractivity contribution in [3.63, 3.8) is 0 Å². The van der Waals surface area contributed by atoms with Crippen LogP contribution in [0.3, 0.4) is 0 Å². The summed E-state index contributed by atoms with van der Waals surface area (Å²) in [5.41, 5.74) is 5.45. The van der Waals surface area contributed by atoms with Crippen LogP contribution in [0, 0.1) is 20.8 Å². The van der Waals surface area contributed by atoms with Gasteiger partial charge in [0.05, 0.1) is 0 Å². The van der Waals surface area contributed by atoms with E-state index in [2.05, 4.69) is 50.4 Å². The third-order valence-corrected chi connectivity index (χ3v) is 2.74. The Labute approximate surface area is 93.2 Å². The maximum Gasteiger partial charge on any atom is -0.00172 e. The molecule has 0 aromatic heterocycles. The van der Waals surface area contributed by atoms with Crippen LogP contribution >= 0.6 is 0 Å². The van der Waals surface area contributed by atoms with Gasteiger partial charge in [-0.1, -0.05) is 24.3 Å². The average molecular weight is 203 g/mol. The van der Waals surface area contributed by atoms with Crippen molar-refractivity contribution in [3.8, 4) is 0 Å². The van der Waals surface area contributed by atoms with Crippen molar-refractivity contribution in [2.45, 2.75) is 27.2 Å². The van der Waals surface area contributed by atoms with Crippen molar-refractivity contribution < 1.29 is 0 Å². The lowest BCUT2D eigenvalue weighted by Crippen LogP contribution is -2.05. The first kappa shape index (κ1) is 12.0. The molecule has 0 heterocycles. The smallest absolute Gasteiger partial charge is 0.00172 e. The Bertz CT molecular complexity index is 351. The normalized spacial score (nSPS) is 11.2. The molecule has 0 fully saturated rings. The summed E-state index contributed by atoms with van der Waals surface area (Å²) in [6, 6.07) is 4.52. The fourth-order valence-electron chi connectivity index (χ4n) is 1.60. The Balaban J connectivity index is 2.77. The molecule has 0 saturated carbocycles. The number of hydrogen-bond acceptors (Lipinski definition) is 1. The summed E-state index contributed by atoms with van der Waals surface area (Å²) < 4.78 is 0. The van der Waals surface area contributed by atoms with Gasteiger partial charge in [0, 0.05) is 0 Å². The molecule has 1 rings (SSSR count). The molecule has 82 valence electrons. The fraction of sp³-hybridized carbons (Fsp3) is 0.429. The Kier molecular flexibility index (Phi) is 4.57. The van der Waals surface area contributed by atoms with Gasteiger partial charge >= 0.3 is 0 Å². The van der Waals surface area contributed by atoms with E-state index in [-0.39, 0.29) is 0 Å². The molecule has 1 aromatic carbocycles. The molecule has 0 spiro atoms. The van der Waals surface area contributed by atoms with Crippen molar-refractivity contribution in [2.24, 2.45) is 0 Å². The Morgan fingerprint density at radius 1 is 1.07 bits per heavy atom. The van der Waals surface area contributed by atoms with Crippen LogP contribution in [0.25, 0.3) is 6.08 Å². The third-order valence-electron chi connectivity index (χ3n) is 2.74. The minimum absolute atomic E-state index is 1.04. The number of nitrogens with one attached hydrogen (secondary N) is 1. The quantitative estimate of drug-likeness (QED) is 0.741. The largest absolute Gasteiger partial charge is 0.319 e. The van der Waals surface area contributed by atoms with Crippen LogP contribution in [0.4, 0.5) is 0 Å². The van der Waals surface area contributed by atoms with Gasteiger partial charge in [-0.25, -0.2) is 0 Å². The van der Waals surface area contributed by atoms with E-state index < -0.39 is 0 Å². The van der Waals surface area contributed by atoms with Gasteiger partial charge in [0.1, 0.15) is 0 Å². The molecular weight excluding hydrogens is 182 g/mol. The molecule has 1 nitrogen and oxygen atoms in total. The van der Waals surface area contributed by atoms with Crippen LogP contribution in [0.5, 0.6) is 0 Å². The van der Waals surface area contributed by atoms with Crippen molar-refractivity contribution in [1.82, 2.24) is 5.32 Å². The highest BCUT2D eigenvalue weighted by atomic mass is 14.8. The SMILES string of the molecule is CNCCC=Cc1cc(C)c(C)cc1C. The zero-order valence-corrected chi connectivity index (χ0v) is 10.2.